The second-order valence-electron chi connectivity index (χ2n) is 8.31. The van der Waals surface area contributed by atoms with Crippen LogP contribution in [0.5, 0.6) is 5.75 Å². The van der Waals surface area contributed by atoms with Gasteiger partial charge in [-0.3, -0.25) is 4.79 Å². The van der Waals surface area contributed by atoms with Crippen molar-refractivity contribution < 1.29 is 9.53 Å². The molecule has 29 heavy (non-hydrogen) atoms. The molecule has 2 saturated heterocycles. The first-order chi connectivity index (χ1) is 13.6. The zero-order valence-corrected chi connectivity index (χ0v) is 18.1. The Kier molecular flexibility index (Phi) is 7.20. The van der Waals surface area contributed by atoms with Gasteiger partial charge in [-0.1, -0.05) is 36.4 Å². The topological polar surface area (TPSA) is 41.6 Å². The van der Waals surface area contributed by atoms with E-state index < -0.39 is 0 Å². The Morgan fingerprint density at radius 2 is 1.83 bits per heavy atom. The van der Waals surface area contributed by atoms with Crippen LogP contribution in [0.4, 0.5) is 0 Å². The van der Waals surface area contributed by atoms with Crippen LogP contribution in [-0.2, 0) is 17.8 Å². The zero-order chi connectivity index (χ0) is 19.5. The Hall–Kier alpha value is -2.04. The number of hydrogen-bond acceptors (Lipinski definition) is 3. The lowest BCUT2D eigenvalue weighted by Crippen LogP contribution is -2.49. The molecule has 4 nitrogen and oxygen atoms in total. The van der Waals surface area contributed by atoms with Crippen LogP contribution in [-0.4, -0.2) is 36.0 Å². The number of nitrogens with one attached hydrogen (secondary N) is 1. The number of carbonyl (C=O) groups is 1. The van der Waals surface area contributed by atoms with Crippen molar-refractivity contribution in [2.45, 2.75) is 63.8 Å². The number of ether oxygens (including phenoxy) is 1. The number of benzene rings is 2. The third-order valence-electron chi connectivity index (χ3n) is 6.30. The van der Waals surface area contributed by atoms with E-state index in [1.165, 1.54) is 24.0 Å². The molecule has 2 bridgehead atoms. The summed E-state index contributed by atoms with van der Waals surface area (Å²) in [6, 6.07) is 17.7. The van der Waals surface area contributed by atoms with Crippen molar-refractivity contribution in [1.82, 2.24) is 10.2 Å². The van der Waals surface area contributed by atoms with E-state index in [2.05, 4.69) is 24.4 Å². The highest BCUT2D eigenvalue weighted by Crippen LogP contribution is 2.29. The summed E-state index contributed by atoms with van der Waals surface area (Å²) < 4.78 is 5.98. The van der Waals surface area contributed by atoms with Gasteiger partial charge in [0.05, 0.1) is 6.42 Å². The van der Waals surface area contributed by atoms with Crippen molar-refractivity contribution in [2.75, 3.05) is 7.05 Å². The van der Waals surface area contributed by atoms with Gasteiger partial charge in [0.2, 0.25) is 5.91 Å². The molecule has 2 aromatic rings. The number of halogens is 1. The molecule has 2 aliphatic rings. The number of rotatable bonds is 6. The number of nitrogens with zero attached hydrogens (tertiary/aromatic N) is 1. The van der Waals surface area contributed by atoms with E-state index in [1.54, 1.807) is 0 Å². The van der Waals surface area contributed by atoms with E-state index in [0.29, 0.717) is 31.2 Å². The van der Waals surface area contributed by atoms with Crippen molar-refractivity contribution in [3.8, 4) is 5.75 Å². The lowest BCUT2D eigenvalue weighted by molar-refractivity contribution is -0.131. The van der Waals surface area contributed by atoms with Gasteiger partial charge in [-0.15, -0.1) is 12.4 Å². The molecule has 4 rings (SSSR count). The summed E-state index contributed by atoms with van der Waals surface area (Å²) >= 11 is 0. The SMILES string of the molecule is Cc1ccccc1COc1cccc(CC(=O)N(C)C2CC3CCC(C2)N3)c1.Cl. The van der Waals surface area contributed by atoms with Gasteiger partial charge in [0.15, 0.2) is 0 Å². The molecule has 2 aliphatic heterocycles. The van der Waals surface area contributed by atoms with Gasteiger partial charge < -0.3 is 15.0 Å². The number of piperidine rings is 1. The highest BCUT2D eigenvalue weighted by Gasteiger charge is 2.36. The van der Waals surface area contributed by atoms with Crippen LogP contribution in [0.25, 0.3) is 0 Å². The van der Waals surface area contributed by atoms with E-state index >= 15 is 0 Å². The average molecular weight is 415 g/mol. The normalized spacial score (nSPS) is 22.6. The quantitative estimate of drug-likeness (QED) is 0.767. The highest BCUT2D eigenvalue weighted by atomic mass is 35.5. The van der Waals surface area contributed by atoms with Gasteiger partial charge >= 0.3 is 0 Å². The predicted octanol–water partition coefficient (Wildman–Crippen LogP) is 4.28. The zero-order valence-electron chi connectivity index (χ0n) is 17.3. The number of hydrogen-bond donors (Lipinski definition) is 1. The fourth-order valence-corrected chi connectivity index (χ4v) is 4.52. The molecule has 0 radical (unpaired) electrons. The molecule has 2 heterocycles. The number of aryl methyl sites for hydroxylation is 1. The molecule has 5 heteroatoms. The molecule has 0 spiro atoms. The summed E-state index contributed by atoms with van der Waals surface area (Å²) in [5, 5.41) is 3.65. The molecule has 0 aromatic heterocycles. The van der Waals surface area contributed by atoms with E-state index in [-0.39, 0.29) is 18.3 Å². The molecular formula is C24H31ClN2O2. The monoisotopic (exact) mass is 414 g/mol. The maximum absolute atomic E-state index is 12.8. The number of amides is 1. The van der Waals surface area contributed by atoms with E-state index in [9.17, 15) is 4.79 Å². The third-order valence-corrected chi connectivity index (χ3v) is 6.30. The summed E-state index contributed by atoms with van der Waals surface area (Å²) in [6.45, 7) is 2.64. The standard InChI is InChI=1S/C24H30N2O2.ClH/c1-17-6-3-4-8-19(17)16-28-23-9-5-7-18(12-23)13-24(27)26(2)22-14-20-10-11-21(15-22)25-20;/h3-9,12,20-22,25H,10-11,13-16H2,1-2H3;1H. The van der Waals surface area contributed by atoms with Crippen molar-refractivity contribution >= 4 is 18.3 Å². The minimum absolute atomic E-state index is 0. The van der Waals surface area contributed by atoms with Crippen LogP contribution in [0.1, 0.15) is 42.4 Å². The molecule has 1 N–H and O–H groups in total. The summed E-state index contributed by atoms with van der Waals surface area (Å²) in [4.78, 5) is 14.8. The molecule has 2 atom stereocenters. The van der Waals surface area contributed by atoms with Gasteiger partial charge in [0, 0.05) is 25.2 Å². The third kappa shape index (κ3) is 5.31. The van der Waals surface area contributed by atoms with Gasteiger partial charge in [0.25, 0.3) is 0 Å². The first-order valence-electron chi connectivity index (χ1n) is 10.4. The largest absolute Gasteiger partial charge is 0.489 e. The van der Waals surface area contributed by atoms with Gasteiger partial charge in [-0.2, -0.15) is 0 Å². The molecule has 0 aliphatic carbocycles. The van der Waals surface area contributed by atoms with Crippen LogP contribution >= 0.6 is 12.4 Å². The molecule has 156 valence electrons. The van der Waals surface area contributed by atoms with Gasteiger partial charge in [-0.25, -0.2) is 0 Å². The van der Waals surface area contributed by atoms with E-state index in [1.807, 2.05) is 48.3 Å². The van der Waals surface area contributed by atoms with Crippen LogP contribution in [0.3, 0.4) is 0 Å². The van der Waals surface area contributed by atoms with Crippen LogP contribution in [0.2, 0.25) is 0 Å². The Balaban J connectivity index is 0.00000240. The van der Waals surface area contributed by atoms with Crippen molar-refractivity contribution in [2.24, 2.45) is 0 Å². The maximum Gasteiger partial charge on any atom is 0.226 e. The lowest BCUT2D eigenvalue weighted by atomic mass is 9.98. The van der Waals surface area contributed by atoms with Gasteiger partial charge in [0.1, 0.15) is 12.4 Å². The molecule has 0 saturated carbocycles. The fraction of sp³-hybridized carbons (Fsp3) is 0.458. The summed E-state index contributed by atoms with van der Waals surface area (Å²) in [5.41, 5.74) is 3.42. The van der Waals surface area contributed by atoms with Crippen molar-refractivity contribution in [3.63, 3.8) is 0 Å². The number of fused-ring (bicyclic) bond motifs is 2. The second kappa shape index (κ2) is 9.64. The molecular weight excluding hydrogens is 384 g/mol. The first kappa shape index (κ1) is 21.7. The number of likely N-dealkylation sites (N-methyl/N-ethyl adjacent to an activating group) is 1. The average Bonchev–Trinajstić information content (AvgIpc) is 3.04. The minimum atomic E-state index is 0. The lowest BCUT2D eigenvalue weighted by Gasteiger charge is -2.35. The summed E-state index contributed by atoms with van der Waals surface area (Å²) in [5.74, 6) is 1.01. The van der Waals surface area contributed by atoms with E-state index in [0.717, 1.165) is 24.2 Å². The highest BCUT2D eigenvalue weighted by molar-refractivity contribution is 5.85. The van der Waals surface area contributed by atoms with Crippen molar-refractivity contribution in [3.05, 3.63) is 65.2 Å². The smallest absolute Gasteiger partial charge is 0.226 e. The Labute approximate surface area is 180 Å². The molecule has 2 unspecified atom stereocenters. The Morgan fingerprint density at radius 1 is 1.10 bits per heavy atom. The predicted molar refractivity (Wildman–Crippen MR) is 119 cm³/mol. The molecule has 2 aromatic carbocycles. The first-order valence-corrected chi connectivity index (χ1v) is 10.4. The summed E-state index contributed by atoms with van der Waals surface area (Å²) in [7, 11) is 1.97. The maximum atomic E-state index is 12.8. The van der Waals surface area contributed by atoms with Crippen molar-refractivity contribution in [1.29, 1.82) is 0 Å². The molecule has 1 amide bonds. The van der Waals surface area contributed by atoms with Crippen LogP contribution < -0.4 is 10.1 Å². The second-order valence-corrected chi connectivity index (χ2v) is 8.31. The molecule has 2 fully saturated rings. The Bertz CT molecular complexity index is 829. The van der Waals surface area contributed by atoms with Crippen LogP contribution in [0, 0.1) is 6.92 Å². The van der Waals surface area contributed by atoms with Gasteiger partial charge in [-0.05, 0) is 61.4 Å². The fourth-order valence-electron chi connectivity index (χ4n) is 4.52. The number of carbonyl (C=O) groups excluding carboxylic acids is 1. The summed E-state index contributed by atoms with van der Waals surface area (Å²) in [6.07, 6.45) is 5.10. The Morgan fingerprint density at radius 3 is 2.55 bits per heavy atom. The van der Waals surface area contributed by atoms with Crippen LogP contribution in [0.15, 0.2) is 48.5 Å². The van der Waals surface area contributed by atoms with E-state index in [4.69, 9.17) is 4.74 Å². The minimum Gasteiger partial charge on any atom is -0.489 e.